The van der Waals surface area contributed by atoms with Gasteiger partial charge in [0.1, 0.15) is 12.4 Å². The molecule has 1 aliphatic rings. The molecule has 1 amide bonds. The van der Waals surface area contributed by atoms with E-state index in [4.69, 9.17) is 16.2 Å². The van der Waals surface area contributed by atoms with Crippen molar-refractivity contribution in [3.63, 3.8) is 0 Å². The van der Waals surface area contributed by atoms with E-state index in [1.807, 2.05) is 24.3 Å². The molecule has 0 aliphatic carbocycles. The number of anilines is 2. The molecule has 5 nitrogen and oxygen atoms in total. The standard InChI is InChI=1S/C16H17N3O2/c17-12-5-6-13(14(18)9-12)16(20)19-7-8-21-15-4-2-1-3-11(15)10-19/h1-6,9H,7-8,10,17-18H2. The van der Waals surface area contributed by atoms with E-state index in [0.717, 1.165) is 11.3 Å². The number of hydrogen-bond acceptors (Lipinski definition) is 4. The van der Waals surface area contributed by atoms with Crippen molar-refractivity contribution in [1.82, 2.24) is 4.90 Å². The average molecular weight is 283 g/mol. The maximum absolute atomic E-state index is 12.6. The highest BCUT2D eigenvalue weighted by Crippen LogP contribution is 2.25. The molecule has 21 heavy (non-hydrogen) atoms. The molecule has 0 saturated carbocycles. The SMILES string of the molecule is Nc1ccc(C(=O)N2CCOc3ccccc3C2)c(N)c1. The Kier molecular flexibility index (Phi) is 3.39. The second kappa shape index (κ2) is 5.36. The quantitative estimate of drug-likeness (QED) is 0.783. The number of amides is 1. The van der Waals surface area contributed by atoms with Gasteiger partial charge in [-0.1, -0.05) is 18.2 Å². The third-order valence-electron chi connectivity index (χ3n) is 3.55. The van der Waals surface area contributed by atoms with E-state index >= 15 is 0 Å². The first-order valence-corrected chi connectivity index (χ1v) is 6.80. The Morgan fingerprint density at radius 1 is 1.14 bits per heavy atom. The molecule has 0 radical (unpaired) electrons. The Morgan fingerprint density at radius 3 is 2.76 bits per heavy atom. The van der Waals surface area contributed by atoms with Crippen LogP contribution in [0.25, 0.3) is 0 Å². The van der Waals surface area contributed by atoms with Crippen LogP contribution >= 0.6 is 0 Å². The fourth-order valence-electron chi connectivity index (χ4n) is 2.45. The molecule has 0 atom stereocenters. The summed E-state index contributed by atoms with van der Waals surface area (Å²) in [7, 11) is 0. The van der Waals surface area contributed by atoms with Gasteiger partial charge in [0.2, 0.25) is 0 Å². The highest BCUT2D eigenvalue weighted by molar-refractivity contribution is 5.99. The number of ether oxygens (including phenoxy) is 1. The van der Waals surface area contributed by atoms with Crippen LogP contribution in [0, 0.1) is 0 Å². The first-order valence-electron chi connectivity index (χ1n) is 6.80. The van der Waals surface area contributed by atoms with Crippen molar-refractivity contribution >= 4 is 17.3 Å². The fourth-order valence-corrected chi connectivity index (χ4v) is 2.45. The Morgan fingerprint density at radius 2 is 1.95 bits per heavy atom. The number of hydrogen-bond donors (Lipinski definition) is 2. The maximum atomic E-state index is 12.6. The third-order valence-corrected chi connectivity index (χ3v) is 3.55. The number of carbonyl (C=O) groups excluding carboxylic acids is 1. The molecule has 0 spiro atoms. The van der Waals surface area contributed by atoms with Gasteiger partial charge in [-0.2, -0.15) is 0 Å². The highest BCUT2D eigenvalue weighted by atomic mass is 16.5. The molecule has 2 aromatic carbocycles. The van der Waals surface area contributed by atoms with Gasteiger partial charge in [-0.15, -0.1) is 0 Å². The summed E-state index contributed by atoms with van der Waals surface area (Å²) < 4.78 is 5.67. The van der Waals surface area contributed by atoms with Crippen molar-refractivity contribution in [3.05, 3.63) is 53.6 Å². The number of para-hydroxylation sites is 1. The number of fused-ring (bicyclic) bond motifs is 1. The molecule has 1 aliphatic heterocycles. The zero-order valence-corrected chi connectivity index (χ0v) is 11.6. The van der Waals surface area contributed by atoms with Gasteiger partial charge in [-0.3, -0.25) is 4.79 Å². The molecular formula is C16H17N3O2. The van der Waals surface area contributed by atoms with Gasteiger partial charge < -0.3 is 21.1 Å². The van der Waals surface area contributed by atoms with Gasteiger partial charge in [0.05, 0.1) is 12.1 Å². The number of nitrogens with zero attached hydrogens (tertiary/aromatic N) is 1. The molecule has 0 saturated heterocycles. The zero-order valence-electron chi connectivity index (χ0n) is 11.6. The van der Waals surface area contributed by atoms with Gasteiger partial charge >= 0.3 is 0 Å². The second-order valence-corrected chi connectivity index (χ2v) is 5.03. The van der Waals surface area contributed by atoms with E-state index < -0.39 is 0 Å². The van der Waals surface area contributed by atoms with Gasteiger partial charge in [-0.05, 0) is 24.3 Å². The van der Waals surface area contributed by atoms with E-state index in [1.54, 1.807) is 23.1 Å². The van der Waals surface area contributed by atoms with Gasteiger partial charge in [-0.25, -0.2) is 0 Å². The molecule has 0 fully saturated rings. The Bertz CT molecular complexity index is 685. The summed E-state index contributed by atoms with van der Waals surface area (Å²) in [5.41, 5.74) is 14.0. The van der Waals surface area contributed by atoms with Crippen LogP contribution in [0.2, 0.25) is 0 Å². The molecule has 108 valence electrons. The van der Waals surface area contributed by atoms with Gasteiger partial charge in [0.25, 0.3) is 5.91 Å². The molecule has 0 unspecified atom stereocenters. The molecule has 4 N–H and O–H groups in total. The summed E-state index contributed by atoms with van der Waals surface area (Å²) in [5.74, 6) is 0.728. The largest absolute Gasteiger partial charge is 0.491 e. The smallest absolute Gasteiger partial charge is 0.256 e. The first-order chi connectivity index (χ1) is 10.1. The van der Waals surface area contributed by atoms with E-state index in [2.05, 4.69) is 0 Å². The van der Waals surface area contributed by atoms with Crippen LogP contribution in [0.4, 0.5) is 11.4 Å². The minimum absolute atomic E-state index is 0.104. The second-order valence-electron chi connectivity index (χ2n) is 5.03. The topological polar surface area (TPSA) is 81.6 Å². The maximum Gasteiger partial charge on any atom is 0.256 e. The number of benzene rings is 2. The number of carbonyl (C=O) groups is 1. The molecule has 0 aromatic heterocycles. The van der Waals surface area contributed by atoms with Crippen LogP contribution in [0.5, 0.6) is 5.75 Å². The fraction of sp³-hybridized carbons (Fsp3) is 0.188. The monoisotopic (exact) mass is 283 g/mol. The van der Waals surface area contributed by atoms with Crippen molar-refractivity contribution in [1.29, 1.82) is 0 Å². The number of nitrogen functional groups attached to an aromatic ring is 2. The lowest BCUT2D eigenvalue weighted by Gasteiger charge is -2.20. The lowest BCUT2D eigenvalue weighted by molar-refractivity contribution is 0.0734. The van der Waals surface area contributed by atoms with E-state index in [0.29, 0.717) is 36.6 Å². The van der Waals surface area contributed by atoms with Crippen LogP contribution in [0.1, 0.15) is 15.9 Å². The number of rotatable bonds is 1. The van der Waals surface area contributed by atoms with Crippen LogP contribution < -0.4 is 16.2 Å². The minimum Gasteiger partial charge on any atom is -0.491 e. The van der Waals surface area contributed by atoms with E-state index in [-0.39, 0.29) is 5.91 Å². The van der Waals surface area contributed by atoms with Crippen molar-refractivity contribution < 1.29 is 9.53 Å². The van der Waals surface area contributed by atoms with Gasteiger partial charge in [0.15, 0.2) is 0 Å². The lowest BCUT2D eigenvalue weighted by atomic mass is 10.1. The number of nitrogens with two attached hydrogens (primary N) is 2. The predicted octanol–water partition coefficient (Wildman–Crippen LogP) is 1.89. The minimum atomic E-state index is -0.104. The molecule has 2 aromatic rings. The van der Waals surface area contributed by atoms with Crippen LogP contribution in [0.15, 0.2) is 42.5 Å². The van der Waals surface area contributed by atoms with E-state index in [1.165, 1.54) is 0 Å². The molecule has 0 bridgehead atoms. The first kappa shape index (κ1) is 13.3. The normalized spacial score (nSPS) is 14.0. The summed E-state index contributed by atoms with van der Waals surface area (Å²) in [5, 5.41) is 0. The van der Waals surface area contributed by atoms with Crippen molar-refractivity contribution in [2.45, 2.75) is 6.54 Å². The average Bonchev–Trinajstić information content (AvgIpc) is 2.68. The van der Waals surface area contributed by atoms with Crippen LogP contribution in [-0.4, -0.2) is 24.0 Å². The summed E-state index contributed by atoms with van der Waals surface area (Å²) in [6, 6.07) is 12.7. The summed E-state index contributed by atoms with van der Waals surface area (Å²) in [6.07, 6.45) is 0. The van der Waals surface area contributed by atoms with Crippen LogP contribution in [0.3, 0.4) is 0 Å². The summed E-state index contributed by atoms with van der Waals surface area (Å²) >= 11 is 0. The molecule has 3 rings (SSSR count). The molecular weight excluding hydrogens is 266 g/mol. The predicted molar refractivity (Wildman–Crippen MR) is 81.9 cm³/mol. The highest BCUT2D eigenvalue weighted by Gasteiger charge is 2.22. The Hall–Kier alpha value is -2.69. The Labute approximate surface area is 123 Å². The van der Waals surface area contributed by atoms with Crippen molar-refractivity contribution in [2.24, 2.45) is 0 Å². The molecule has 5 heteroatoms. The lowest BCUT2D eigenvalue weighted by Crippen LogP contribution is -2.33. The zero-order chi connectivity index (χ0) is 14.8. The van der Waals surface area contributed by atoms with Gasteiger partial charge in [0, 0.05) is 23.5 Å². The third kappa shape index (κ3) is 2.63. The van der Waals surface area contributed by atoms with E-state index in [9.17, 15) is 4.79 Å². The molecule has 1 heterocycles. The Balaban J connectivity index is 1.88. The van der Waals surface area contributed by atoms with Crippen molar-refractivity contribution in [3.8, 4) is 5.75 Å². The van der Waals surface area contributed by atoms with Crippen molar-refractivity contribution in [2.75, 3.05) is 24.6 Å². The van der Waals surface area contributed by atoms with Crippen LogP contribution in [-0.2, 0) is 6.54 Å². The summed E-state index contributed by atoms with van der Waals surface area (Å²) in [6.45, 7) is 1.51. The summed E-state index contributed by atoms with van der Waals surface area (Å²) in [4.78, 5) is 14.4.